The lowest BCUT2D eigenvalue weighted by Crippen LogP contribution is -2.11. The highest BCUT2D eigenvalue weighted by molar-refractivity contribution is 7.90. The summed E-state index contributed by atoms with van der Waals surface area (Å²) in [6.07, 6.45) is 3.46. The van der Waals surface area contributed by atoms with Crippen LogP contribution in [0.2, 0.25) is 0 Å². The molecule has 0 bridgehead atoms. The summed E-state index contributed by atoms with van der Waals surface area (Å²) in [6.45, 7) is 2.01. The van der Waals surface area contributed by atoms with Gasteiger partial charge in [-0.15, -0.1) is 0 Å². The van der Waals surface area contributed by atoms with Crippen LogP contribution < -0.4 is 0 Å². The van der Waals surface area contributed by atoms with Crippen molar-refractivity contribution in [1.29, 1.82) is 5.41 Å². The Labute approximate surface area is 147 Å². The monoisotopic (exact) mass is 356 g/mol. The lowest BCUT2D eigenvalue weighted by molar-refractivity contribution is 0.475. The second-order valence-electron chi connectivity index (χ2n) is 6.00. The molecule has 0 radical (unpaired) electrons. The van der Waals surface area contributed by atoms with Crippen LogP contribution in [0.5, 0.6) is 5.75 Å². The molecule has 0 saturated heterocycles. The fourth-order valence-corrected chi connectivity index (χ4v) is 4.32. The molecule has 0 amide bonds. The fourth-order valence-electron chi connectivity index (χ4n) is 2.96. The third-order valence-electron chi connectivity index (χ3n) is 4.10. The smallest absolute Gasteiger partial charge is 0.268 e. The van der Waals surface area contributed by atoms with Gasteiger partial charge in [0.2, 0.25) is 0 Å². The third kappa shape index (κ3) is 3.30. The quantitative estimate of drug-likeness (QED) is 0.656. The van der Waals surface area contributed by atoms with E-state index in [9.17, 15) is 13.5 Å². The summed E-state index contributed by atoms with van der Waals surface area (Å²) >= 11 is 0. The zero-order chi connectivity index (χ0) is 18.0. The summed E-state index contributed by atoms with van der Waals surface area (Å²) in [5, 5.41) is 18.8. The molecule has 0 unspecified atom stereocenters. The van der Waals surface area contributed by atoms with Crippen molar-refractivity contribution in [2.24, 2.45) is 0 Å². The Kier molecular flexibility index (Phi) is 4.63. The number of hydrogen-bond donors (Lipinski definition) is 2. The Hall–Kier alpha value is -2.60. The highest BCUT2D eigenvalue weighted by Crippen LogP contribution is 2.29. The third-order valence-corrected chi connectivity index (χ3v) is 5.80. The van der Waals surface area contributed by atoms with Gasteiger partial charge in [0.25, 0.3) is 10.0 Å². The number of hydrogen-bond acceptors (Lipinski definition) is 4. The van der Waals surface area contributed by atoms with Gasteiger partial charge in [0.1, 0.15) is 5.75 Å². The van der Waals surface area contributed by atoms with E-state index < -0.39 is 10.0 Å². The summed E-state index contributed by atoms with van der Waals surface area (Å²) in [5.41, 5.74) is 1.74. The molecule has 3 aromatic rings. The van der Waals surface area contributed by atoms with Gasteiger partial charge in [0.15, 0.2) is 0 Å². The molecule has 0 saturated carbocycles. The maximum absolute atomic E-state index is 12.9. The van der Waals surface area contributed by atoms with E-state index in [0.717, 1.165) is 17.4 Å². The molecule has 0 aliphatic heterocycles. The first kappa shape index (κ1) is 17.2. The number of nitrogens with one attached hydrogen (secondary N) is 1. The Bertz CT molecular complexity index is 1020. The van der Waals surface area contributed by atoms with Gasteiger partial charge in [-0.2, -0.15) is 0 Å². The molecule has 1 aromatic heterocycles. The molecular weight excluding hydrogens is 336 g/mol. The van der Waals surface area contributed by atoms with Crippen LogP contribution in [0.4, 0.5) is 0 Å². The molecule has 5 nitrogen and oxygen atoms in total. The van der Waals surface area contributed by atoms with Crippen LogP contribution in [-0.4, -0.2) is 23.2 Å². The summed E-state index contributed by atoms with van der Waals surface area (Å²) in [6, 6.07) is 13.0. The second-order valence-corrected chi connectivity index (χ2v) is 7.81. The van der Waals surface area contributed by atoms with Crippen LogP contribution in [0.25, 0.3) is 10.9 Å². The molecule has 2 aromatic carbocycles. The standard InChI is InChI=1S/C19H20N2O3S/c1-2-6-15(20)11-14-12-16(22)13-19-18(14)9-10-21(19)25(23,24)17-7-4-3-5-8-17/h3-5,7-10,12-13,20,22H,2,6,11H2,1H3. The molecule has 130 valence electrons. The van der Waals surface area contributed by atoms with Gasteiger partial charge in [-0.1, -0.05) is 31.5 Å². The van der Waals surface area contributed by atoms with E-state index in [-0.39, 0.29) is 10.6 Å². The molecule has 0 spiro atoms. The van der Waals surface area contributed by atoms with E-state index in [1.165, 1.54) is 16.2 Å². The minimum atomic E-state index is -3.74. The van der Waals surface area contributed by atoms with Crippen molar-refractivity contribution in [3.8, 4) is 5.75 Å². The maximum atomic E-state index is 12.9. The van der Waals surface area contributed by atoms with Crippen LogP contribution in [-0.2, 0) is 16.4 Å². The number of aromatic nitrogens is 1. The van der Waals surface area contributed by atoms with Gasteiger partial charge in [-0.25, -0.2) is 12.4 Å². The first-order valence-corrected chi connectivity index (χ1v) is 9.57. The summed E-state index contributed by atoms with van der Waals surface area (Å²) < 4.78 is 27.0. The van der Waals surface area contributed by atoms with Gasteiger partial charge in [0.05, 0.1) is 10.4 Å². The SMILES string of the molecule is CCCC(=N)Cc1cc(O)cc2c1ccn2S(=O)(=O)c1ccccc1. The minimum Gasteiger partial charge on any atom is -0.508 e. The van der Waals surface area contributed by atoms with Gasteiger partial charge >= 0.3 is 0 Å². The van der Waals surface area contributed by atoms with Crippen LogP contribution in [0.3, 0.4) is 0 Å². The first-order chi connectivity index (χ1) is 11.9. The highest BCUT2D eigenvalue weighted by atomic mass is 32.2. The van der Waals surface area contributed by atoms with Gasteiger partial charge < -0.3 is 10.5 Å². The number of nitrogens with zero attached hydrogens (tertiary/aromatic N) is 1. The zero-order valence-electron chi connectivity index (χ0n) is 13.9. The largest absolute Gasteiger partial charge is 0.508 e. The molecule has 1 heterocycles. The van der Waals surface area contributed by atoms with Crippen molar-refractivity contribution in [3.05, 3.63) is 60.3 Å². The normalized spacial score (nSPS) is 11.7. The molecule has 0 fully saturated rings. The minimum absolute atomic E-state index is 0.00462. The molecule has 2 N–H and O–H groups in total. The molecule has 0 aliphatic rings. The van der Waals surface area contributed by atoms with E-state index in [0.29, 0.717) is 24.1 Å². The van der Waals surface area contributed by atoms with Crippen LogP contribution >= 0.6 is 0 Å². The van der Waals surface area contributed by atoms with Gasteiger partial charge in [-0.3, -0.25) is 0 Å². The molecule has 3 rings (SSSR count). The Morgan fingerprint density at radius 3 is 2.56 bits per heavy atom. The number of fused-ring (bicyclic) bond motifs is 1. The van der Waals surface area contributed by atoms with E-state index in [1.54, 1.807) is 42.5 Å². The second kappa shape index (κ2) is 6.72. The Morgan fingerprint density at radius 2 is 1.88 bits per heavy atom. The number of aromatic hydroxyl groups is 1. The van der Waals surface area contributed by atoms with Crippen molar-refractivity contribution < 1.29 is 13.5 Å². The van der Waals surface area contributed by atoms with Crippen LogP contribution in [0.15, 0.2) is 59.6 Å². The number of rotatable bonds is 6. The summed E-state index contributed by atoms with van der Waals surface area (Å²) in [4.78, 5) is 0.191. The maximum Gasteiger partial charge on any atom is 0.268 e. The van der Waals surface area contributed by atoms with E-state index in [4.69, 9.17) is 5.41 Å². The average molecular weight is 356 g/mol. The van der Waals surface area contributed by atoms with Crippen molar-refractivity contribution >= 4 is 26.6 Å². The fraction of sp³-hybridized carbons (Fsp3) is 0.211. The van der Waals surface area contributed by atoms with Gasteiger partial charge in [-0.05, 0) is 36.2 Å². The lowest BCUT2D eigenvalue weighted by Gasteiger charge is -2.10. The zero-order valence-corrected chi connectivity index (χ0v) is 14.8. The molecule has 6 heteroatoms. The van der Waals surface area contributed by atoms with E-state index in [1.807, 2.05) is 6.92 Å². The van der Waals surface area contributed by atoms with Gasteiger partial charge in [0, 0.05) is 29.8 Å². The summed E-state index contributed by atoms with van der Waals surface area (Å²) in [5.74, 6) is -0.00462. The van der Waals surface area contributed by atoms with Crippen molar-refractivity contribution in [3.63, 3.8) is 0 Å². The number of phenols is 1. The predicted molar refractivity (Wildman–Crippen MR) is 99.0 cm³/mol. The van der Waals surface area contributed by atoms with E-state index >= 15 is 0 Å². The topological polar surface area (TPSA) is 83.2 Å². The average Bonchev–Trinajstić information content (AvgIpc) is 3.00. The highest BCUT2D eigenvalue weighted by Gasteiger charge is 2.20. The first-order valence-electron chi connectivity index (χ1n) is 8.13. The molecule has 0 aliphatic carbocycles. The Balaban J connectivity index is 2.14. The van der Waals surface area contributed by atoms with Crippen molar-refractivity contribution in [2.75, 3.05) is 0 Å². The number of phenolic OH excluding ortho intramolecular Hbond substituents is 1. The lowest BCUT2D eigenvalue weighted by atomic mass is 10.0. The molecular formula is C19H20N2O3S. The van der Waals surface area contributed by atoms with Crippen molar-refractivity contribution in [2.45, 2.75) is 31.1 Å². The molecule has 25 heavy (non-hydrogen) atoms. The van der Waals surface area contributed by atoms with Crippen molar-refractivity contribution in [1.82, 2.24) is 3.97 Å². The van der Waals surface area contributed by atoms with Crippen LogP contribution in [0, 0.1) is 5.41 Å². The Morgan fingerprint density at radius 1 is 1.16 bits per heavy atom. The summed E-state index contributed by atoms with van der Waals surface area (Å²) in [7, 11) is -3.74. The van der Waals surface area contributed by atoms with E-state index in [2.05, 4.69) is 0 Å². The number of benzene rings is 2. The molecule has 0 atom stereocenters. The predicted octanol–water partition coefficient (Wildman–Crippen LogP) is 3.95. The van der Waals surface area contributed by atoms with Crippen LogP contribution in [0.1, 0.15) is 25.3 Å².